The van der Waals surface area contributed by atoms with Crippen LogP contribution >= 0.6 is 11.6 Å². The molecule has 118 valence electrons. The van der Waals surface area contributed by atoms with E-state index in [0.717, 1.165) is 39.3 Å². The largest absolute Gasteiger partial charge is 0.362 e. The number of aromatic amines is 1. The first-order valence-corrected chi connectivity index (χ1v) is 8.23. The lowest BCUT2D eigenvalue weighted by molar-refractivity contribution is 0.626. The molecular formula is C19H18ClFN2. The Balaban J connectivity index is 1.73. The highest BCUT2D eigenvalue weighted by Crippen LogP contribution is 2.36. The second kappa shape index (κ2) is 5.27. The fraction of sp³-hybridized carbons (Fsp3) is 0.263. The first kappa shape index (κ1) is 14.6. The standard InChI is InChI=1S/C19H18ClFN2/c1-11(2)17-7-13-6-16(20)19(8-18(13)22-17)23-9-12-3-4-15(21)5-14(12)10-23/h3-8,11,22H,9-10H2,1-2H3. The molecule has 0 amide bonds. The Labute approximate surface area is 139 Å². The van der Waals surface area contributed by atoms with Crippen molar-refractivity contribution in [2.45, 2.75) is 32.9 Å². The summed E-state index contributed by atoms with van der Waals surface area (Å²) in [4.78, 5) is 5.67. The minimum atomic E-state index is -0.182. The molecule has 0 radical (unpaired) electrons. The van der Waals surface area contributed by atoms with Gasteiger partial charge in [-0.25, -0.2) is 4.39 Å². The van der Waals surface area contributed by atoms with Gasteiger partial charge in [-0.15, -0.1) is 0 Å². The van der Waals surface area contributed by atoms with Crippen molar-refractivity contribution in [2.75, 3.05) is 4.90 Å². The molecule has 2 heterocycles. The van der Waals surface area contributed by atoms with Crippen LogP contribution in [0.5, 0.6) is 0 Å². The molecule has 2 aromatic carbocycles. The molecule has 4 heteroatoms. The summed E-state index contributed by atoms with van der Waals surface area (Å²) in [5, 5.41) is 1.87. The lowest BCUT2D eigenvalue weighted by Crippen LogP contribution is -2.14. The smallest absolute Gasteiger partial charge is 0.123 e. The monoisotopic (exact) mass is 328 g/mol. The number of aromatic nitrogens is 1. The van der Waals surface area contributed by atoms with Gasteiger partial charge in [-0.05, 0) is 47.4 Å². The Kier molecular flexibility index (Phi) is 3.34. The van der Waals surface area contributed by atoms with Gasteiger partial charge in [0, 0.05) is 29.7 Å². The molecule has 2 nitrogen and oxygen atoms in total. The van der Waals surface area contributed by atoms with E-state index in [1.54, 1.807) is 6.07 Å². The van der Waals surface area contributed by atoms with Gasteiger partial charge < -0.3 is 9.88 Å². The van der Waals surface area contributed by atoms with E-state index in [-0.39, 0.29) is 5.82 Å². The molecule has 1 aromatic heterocycles. The molecule has 1 aliphatic heterocycles. The summed E-state index contributed by atoms with van der Waals surface area (Å²) < 4.78 is 13.4. The Morgan fingerprint density at radius 2 is 1.87 bits per heavy atom. The molecule has 0 unspecified atom stereocenters. The Bertz CT molecular complexity index is 898. The van der Waals surface area contributed by atoms with Gasteiger partial charge in [0.25, 0.3) is 0 Å². The van der Waals surface area contributed by atoms with Crippen molar-refractivity contribution in [2.24, 2.45) is 0 Å². The van der Waals surface area contributed by atoms with Gasteiger partial charge in [0.1, 0.15) is 5.82 Å². The molecule has 1 N–H and O–H groups in total. The molecule has 0 aliphatic carbocycles. The number of hydrogen-bond donors (Lipinski definition) is 1. The third kappa shape index (κ3) is 2.49. The van der Waals surface area contributed by atoms with Crippen LogP contribution in [-0.2, 0) is 13.1 Å². The maximum absolute atomic E-state index is 13.4. The Hall–Kier alpha value is -2.00. The zero-order valence-corrected chi connectivity index (χ0v) is 13.9. The quantitative estimate of drug-likeness (QED) is 0.648. The van der Waals surface area contributed by atoms with Crippen molar-refractivity contribution >= 4 is 28.2 Å². The lowest BCUT2D eigenvalue weighted by atomic mass is 10.1. The molecule has 0 saturated heterocycles. The van der Waals surface area contributed by atoms with Crippen molar-refractivity contribution in [1.82, 2.24) is 4.98 Å². The summed E-state index contributed by atoms with van der Waals surface area (Å²) in [5.41, 5.74) is 5.50. The number of fused-ring (bicyclic) bond motifs is 2. The van der Waals surface area contributed by atoms with Gasteiger partial charge in [0.15, 0.2) is 0 Å². The van der Waals surface area contributed by atoms with Crippen LogP contribution in [0.1, 0.15) is 36.6 Å². The van der Waals surface area contributed by atoms with E-state index in [2.05, 4.69) is 35.9 Å². The van der Waals surface area contributed by atoms with Crippen LogP contribution in [0.4, 0.5) is 10.1 Å². The molecular weight excluding hydrogens is 311 g/mol. The molecule has 4 rings (SSSR count). The number of rotatable bonds is 2. The molecule has 0 bridgehead atoms. The van der Waals surface area contributed by atoms with E-state index in [0.29, 0.717) is 12.5 Å². The van der Waals surface area contributed by atoms with Crippen LogP contribution in [0.15, 0.2) is 36.4 Å². The number of nitrogens with one attached hydrogen (secondary N) is 1. The molecule has 0 saturated carbocycles. The van der Waals surface area contributed by atoms with Crippen molar-refractivity contribution < 1.29 is 4.39 Å². The number of H-pyrrole nitrogens is 1. The predicted octanol–water partition coefficient (Wildman–Crippen LogP) is 5.60. The third-order valence-electron chi connectivity index (χ3n) is 4.56. The fourth-order valence-electron chi connectivity index (χ4n) is 3.25. The molecule has 0 atom stereocenters. The van der Waals surface area contributed by atoms with Crippen LogP contribution in [-0.4, -0.2) is 4.98 Å². The van der Waals surface area contributed by atoms with Gasteiger partial charge in [-0.2, -0.15) is 0 Å². The second-order valence-electron chi connectivity index (χ2n) is 6.54. The van der Waals surface area contributed by atoms with E-state index in [4.69, 9.17) is 11.6 Å². The fourth-order valence-corrected chi connectivity index (χ4v) is 3.54. The van der Waals surface area contributed by atoms with Crippen LogP contribution in [0.25, 0.3) is 10.9 Å². The summed E-state index contributed by atoms with van der Waals surface area (Å²) in [5.74, 6) is 0.265. The lowest BCUT2D eigenvalue weighted by Gasteiger charge is -2.19. The first-order chi connectivity index (χ1) is 11.0. The molecule has 0 spiro atoms. The average molecular weight is 329 g/mol. The summed E-state index contributed by atoms with van der Waals surface area (Å²) >= 11 is 6.52. The van der Waals surface area contributed by atoms with Crippen molar-refractivity contribution in [3.05, 3.63) is 64.1 Å². The average Bonchev–Trinajstić information content (AvgIpc) is 3.08. The topological polar surface area (TPSA) is 19.0 Å². The summed E-state index contributed by atoms with van der Waals surface area (Å²) in [6, 6.07) is 11.3. The van der Waals surface area contributed by atoms with Crippen molar-refractivity contribution in [3.63, 3.8) is 0 Å². The summed E-state index contributed by atoms with van der Waals surface area (Å²) in [6.45, 7) is 5.78. The highest BCUT2D eigenvalue weighted by atomic mass is 35.5. The molecule has 23 heavy (non-hydrogen) atoms. The minimum absolute atomic E-state index is 0.182. The van der Waals surface area contributed by atoms with E-state index < -0.39 is 0 Å². The number of hydrogen-bond acceptors (Lipinski definition) is 1. The molecule has 3 aromatic rings. The van der Waals surface area contributed by atoms with Crippen LogP contribution in [0.3, 0.4) is 0 Å². The zero-order chi connectivity index (χ0) is 16.1. The molecule has 0 fully saturated rings. The third-order valence-corrected chi connectivity index (χ3v) is 4.87. The van der Waals surface area contributed by atoms with E-state index >= 15 is 0 Å². The highest BCUT2D eigenvalue weighted by Gasteiger charge is 2.22. The van der Waals surface area contributed by atoms with E-state index in [1.165, 1.54) is 11.8 Å². The van der Waals surface area contributed by atoms with E-state index in [9.17, 15) is 4.39 Å². The molecule has 1 aliphatic rings. The van der Waals surface area contributed by atoms with Gasteiger partial charge in [0.05, 0.1) is 10.7 Å². The minimum Gasteiger partial charge on any atom is -0.362 e. The highest BCUT2D eigenvalue weighted by molar-refractivity contribution is 6.34. The number of anilines is 1. The summed E-state index contributed by atoms with van der Waals surface area (Å²) in [6.07, 6.45) is 0. The Morgan fingerprint density at radius 3 is 2.65 bits per heavy atom. The zero-order valence-electron chi connectivity index (χ0n) is 13.2. The maximum atomic E-state index is 13.4. The van der Waals surface area contributed by atoms with Crippen molar-refractivity contribution in [3.8, 4) is 0 Å². The van der Waals surface area contributed by atoms with E-state index in [1.807, 2.05) is 12.1 Å². The first-order valence-electron chi connectivity index (χ1n) is 7.85. The van der Waals surface area contributed by atoms with Crippen LogP contribution < -0.4 is 4.90 Å². The number of halogens is 2. The van der Waals surface area contributed by atoms with Gasteiger partial charge in [0.2, 0.25) is 0 Å². The number of benzene rings is 2. The second-order valence-corrected chi connectivity index (χ2v) is 6.95. The normalized spacial score (nSPS) is 14.0. The predicted molar refractivity (Wildman–Crippen MR) is 93.7 cm³/mol. The maximum Gasteiger partial charge on any atom is 0.123 e. The van der Waals surface area contributed by atoms with Crippen molar-refractivity contribution in [1.29, 1.82) is 0 Å². The van der Waals surface area contributed by atoms with Gasteiger partial charge >= 0.3 is 0 Å². The van der Waals surface area contributed by atoms with Crippen LogP contribution in [0, 0.1) is 5.82 Å². The van der Waals surface area contributed by atoms with Gasteiger partial charge in [-0.3, -0.25) is 0 Å². The van der Waals surface area contributed by atoms with Crippen LogP contribution in [0.2, 0.25) is 5.02 Å². The number of nitrogens with zero attached hydrogens (tertiary/aromatic N) is 1. The van der Waals surface area contributed by atoms with Gasteiger partial charge in [-0.1, -0.05) is 31.5 Å². The summed E-state index contributed by atoms with van der Waals surface area (Å²) in [7, 11) is 0. The SMILES string of the molecule is CC(C)c1cc2cc(Cl)c(N3Cc4ccc(F)cc4C3)cc2[nH]1. The Morgan fingerprint density at radius 1 is 1.09 bits per heavy atom.